The van der Waals surface area contributed by atoms with E-state index in [9.17, 15) is 43.2 Å². The number of hydrogen-bond acceptors (Lipinski definition) is 12. The van der Waals surface area contributed by atoms with Gasteiger partial charge in [0.15, 0.2) is 11.9 Å². The Hall–Kier alpha value is -7.99. The van der Waals surface area contributed by atoms with Gasteiger partial charge in [-0.05, 0) is 92.9 Å². The summed E-state index contributed by atoms with van der Waals surface area (Å²) in [6.07, 6.45) is 4.06. The van der Waals surface area contributed by atoms with Gasteiger partial charge in [-0.2, -0.15) is 0 Å². The summed E-state index contributed by atoms with van der Waals surface area (Å²) in [5, 5.41) is 19.2. The second-order valence-corrected chi connectivity index (χ2v) is 20.7. The van der Waals surface area contributed by atoms with Gasteiger partial charge in [0.05, 0.1) is 13.0 Å². The lowest BCUT2D eigenvalue weighted by Gasteiger charge is -2.38. The molecule has 1 aliphatic carbocycles. The Morgan fingerprint density at radius 2 is 1.19 bits per heavy atom. The predicted molar refractivity (Wildman–Crippen MR) is 297 cm³/mol. The third kappa shape index (κ3) is 22.1. The van der Waals surface area contributed by atoms with Gasteiger partial charge in [-0.1, -0.05) is 82.0 Å². The third-order valence-corrected chi connectivity index (χ3v) is 14.0. The zero-order chi connectivity index (χ0) is 58.1. The van der Waals surface area contributed by atoms with Gasteiger partial charge in [-0.15, -0.1) is 0 Å². The summed E-state index contributed by atoms with van der Waals surface area (Å²) in [5.41, 5.74) is 34.0. The lowest BCUT2D eigenvalue weighted by Crippen LogP contribution is -2.61. The average Bonchev–Trinajstić information content (AvgIpc) is 3.39. The highest BCUT2D eigenvalue weighted by atomic mass is 16.5. The number of aliphatic imine (C=N–C) groups is 2. The van der Waals surface area contributed by atoms with Crippen molar-refractivity contribution in [3.05, 3.63) is 65.7 Å². The molecule has 19 N–H and O–H groups in total. The SMILES string of the molecule is CCOc1ccc(C[C@H]2NC(=O)CC3(CCCCC3)CCC[C@@H](C(=O)N[C@@H](CCCN=C(N)N)C(=O)N[C@H](CCCN=C(N)N)C(N)=O)NC(=O)[C@H](CC(N)=O)NC(=O)[C@H](C(C)C)NC(=O)[C@H](Cc3ccccc3)NC2=O)cc1. The van der Waals surface area contributed by atoms with E-state index in [2.05, 4.69) is 47.2 Å². The molecule has 1 heterocycles. The molecule has 25 heteroatoms. The molecule has 2 aliphatic rings. The van der Waals surface area contributed by atoms with Gasteiger partial charge >= 0.3 is 0 Å². The van der Waals surface area contributed by atoms with Gasteiger partial charge < -0.3 is 76.4 Å². The topological polar surface area (TPSA) is 428 Å². The molecule has 2 fully saturated rings. The van der Waals surface area contributed by atoms with Crippen LogP contribution in [0.3, 0.4) is 0 Å². The Kier molecular flexibility index (Phi) is 25.8. The highest BCUT2D eigenvalue weighted by Gasteiger charge is 2.39. The maximum Gasteiger partial charge on any atom is 0.243 e. The fourth-order valence-electron chi connectivity index (χ4n) is 9.86. The standard InChI is InChI=1S/C54H83N15O10/c1-4-79-35-21-19-34(20-22-35)29-39-48(75)67-40(28-33-14-7-5-8-15-33)50(77)69-44(32(2)3)51(78)68-41(30-42(55)70)49(76)66-37(16-11-25-54(31-43(71)63-39)23-9-6-10-24-54)47(74)65-38(18-13-27-62-53(59)60)46(73)64-36(45(56)72)17-12-26-61-52(57)58/h5,7-8,14-15,19-22,32,36-41,44H,4,6,9-13,16-18,23-31H2,1-3H3,(H2,55,70)(H2,56,72)(H,63,71)(H,64,73)(H,65,74)(H,66,76)(H,67,75)(H,68,78)(H,69,77)(H4,57,58,61)(H4,59,60,62)/t36-,37+,38+,39-,40+,41+,44+/m1/s1. The fraction of sp³-hybridized carbons (Fsp3) is 0.574. The van der Waals surface area contributed by atoms with Gasteiger partial charge in [0, 0.05) is 32.4 Å². The van der Waals surface area contributed by atoms with Crippen molar-refractivity contribution in [2.45, 2.75) is 166 Å². The summed E-state index contributed by atoms with van der Waals surface area (Å²) in [6.45, 7) is 5.77. The van der Waals surface area contributed by atoms with E-state index in [-0.39, 0.29) is 82.8 Å². The summed E-state index contributed by atoms with van der Waals surface area (Å²) in [6, 6.07) is 6.55. The number of primary amides is 2. The molecule has 0 aromatic heterocycles. The van der Waals surface area contributed by atoms with Crippen LogP contribution in [0.25, 0.3) is 0 Å². The molecule has 2 aromatic carbocycles. The van der Waals surface area contributed by atoms with Gasteiger partial charge in [0.25, 0.3) is 0 Å². The van der Waals surface area contributed by atoms with E-state index in [0.717, 1.165) is 19.3 Å². The van der Waals surface area contributed by atoms with Crippen molar-refractivity contribution in [3.63, 3.8) is 0 Å². The maximum absolute atomic E-state index is 14.7. The molecule has 0 bridgehead atoms. The molecule has 1 spiro atoms. The molecule has 79 heavy (non-hydrogen) atoms. The smallest absolute Gasteiger partial charge is 0.243 e. The van der Waals surface area contributed by atoms with Crippen LogP contribution in [-0.4, -0.2) is 127 Å². The van der Waals surface area contributed by atoms with E-state index >= 15 is 0 Å². The third-order valence-electron chi connectivity index (χ3n) is 14.0. The number of hydrogen-bond donors (Lipinski definition) is 13. The monoisotopic (exact) mass is 1100 g/mol. The van der Waals surface area contributed by atoms with Crippen molar-refractivity contribution >= 4 is 65.1 Å². The summed E-state index contributed by atoms with van der Waals surface area (Å²) < 4.78 is 5.64. The van der Waals surface area contributed by atoms with Crippen LogP contribution in [0.5, 0.6) is 5.75 Å². The van der Waals surface area contributed by atoms with Crippen molar-refractivity contribution in [1.29, 1.82) is 0 Å². The van der Waals surface area contributed by atoms with Crippen molar-refractivity contribution in [2.24, 2.45) is 55.7 Å². The van der Waals surface area contributed by atoms with Crippen LogP contribution in [0.15, 0.2) is 64.6 Å². The Labute approximate surface area is 461 Å². The van der Waals surface area contributed by atoms with Gasteiger partial charge in [-0.25, -0.2) is 0 Å². The average molecular weight is 1100 g/mol. The first-order chi connectivity index (χ1) is 37.6. The molecular weight excluding hydrogens is 1020 g/mol. The first kappa shape index (κ1) is 63.5. The lowest BCUT2D eigenvalue weighted by atomic mass is 9.68. The van der Waals surface area contributed by atoms with Crippen molar-refractivity contribution in [2.75, 3.05) is 19.7 Å². The predicted octanol–water partition coefficient (Wildman–Crippen LogP) is -1.09. The Morgan fingerprint density at radius 1 is 0.646 bits per heavy atom. The first-order valence-electron chi connectivity index (χ1n) is 27.1. The van der Waals surface area contributed by atoms with Crippen LogP contribution in [0.1, 0.15) is 122 Å². The minimum absolute atomic E-state index is 0.00498. The number of carbonyl (C=O) groups excluding carboxylic acids is 9. The second-order valence-electron chi connectivity index (χ2n) is 20.7. The van der Waals surface area contributed by atoms with E-state index < -0.39 is 113 Å². The van der Waals surface area contributed by atoms with Crippen molar-refractivity contribution in [3.8, 4) is 5.75 Å². The molecule has 25 nitrogen and oxygen atoms in total. The molecule has 4 rings (SSSR count). The second kappa shape index (κ2) is 32.0. The highest BCUT2D eigenvalue weighted by Crippen LogP contribution is 2.43. The van der Waals surface area contributed by atoms with Gasteiger partial charge in [0.1, 0.15) is 48.0 Å². The molecular formula is C54H83N15O10. The molecule has 0 radical (unpaired) electrons. The van der Waals surface area contributed by atoms with Gasteiger partial charge in [-0.3, -0.25) is 53.1 Å². The van der Waals surface area contributed by atoms with Gasteiger partial charge in [0.2, 0.25) is 53.2 Å². The van der Waals surface area contributed by atoms with E-state index in [1.54, 1.807) is 68.4 Å². The van der Waals surface area contributed by atoms with Crippen LogP contribution < -0.4 is 76.4 Å². The zero-order valence-electron chi connectivity index (χ0n) is 45.7. The van der Waals surface area contributed by atoms with E-state index in [1.807, 2.05) is 6.92 Å². The first-order valence-corrected chi connectivity index (χ1v) is 27.1. The highest BCUT2D eigenvalue weighted by molar-refractivity contribution is 5.99. The van der Waals surface area contributed by atoms with Crippen LogP contribution in [-0.2, 0) is 56.0 Å². The Bertz CT molecular complexity index is 2440. The molecule has 0 unspecified atom stereocenters. The van der Waals surface area contributed by atoms with E-state index in [1.165, 1.54) is 0 Å². The number of nitrogens with one attached hydrogen (secondary N) is 7. The molecule has 7 atom stereocenters. The summed E-state index contributed by atoms with van der Waals surface area (Å²) in [5.74, 6) is -7.58. The minimum atomic E-state index is -1.67. The van der Waals surface area contributed by atoms with Crippen LogP contribution in [0.2, 0.25) is 0 Å². The molecule has 1 saturated heterocycles. The molecule has 9 amide bonds. The Morgan fingerprint density at radius 3 is 1.76 bits per heavy atom. The van der Waals surface area contributed by atoms with E-state index in [4.69, 9.17) is 39.1 Å². The minimum Gasteiger partial charge on any atom is -0.494 e. The fourth-order valence-corrected chi connectivity index (χ4v) is 9.86. The summed E-state index contributed by atoms with van der Waals surface area (Å²) in [4.78, 5) is 134. The summed E-state index contributed by atoms with van der Waals surface area (Å²) >= 11 is 0. The number of amides is 9. The number of benzene rings is 2. The zero-order valence-corrected chi connectivity index (χ0v) is 45.7. The van der Waals surface area contributed by atoms with Crippen molar-refractivity contribution < 1.29 is 47.9 Å². The summed E-state index contributed by atoms with van der Waals surface area (Å²) in [7, 11) is 0. The number of rotatable bonds is 22. The number of ether oxygens (including phenoxy) is 1. The number of guanidine groups is 2. The van der Waals surface area contributed by atoms with Crippen LogP contribution in [0.4, 0.5) is 0 Å². The van der Waals surface area contributed by atoms with Crippen molar-refractivity contribution in [1.82, 2.24) is 37.2 Å². The van der Waals surface area contributed by atoms with E-state index in [0.29, 0.717) is 42.7 Å². The van der Waals surface area contributed by atoms with Crippen LogP contribution in [0, 0.1) is 11.3 Å². The number of nitrogens with zero attached hydrogens (tertiary/aromatic N) is 2. The maximum atomic E-state index is 14.7. The quantitative estimate of drug-likeness (QED) is 0.0379. The molecule has 2 aromatic rings. The normalized spacial score (nSPS) is 21.3. The molecule has 1 aliphatic heterocycles. The Balaban J connectivity index is 1.79. The number of carbonyl (C=O) groups is 9. The van der Waals surface area contributed by atoms with Crippen LogP contribution >= 0.6 is 0 Å². The molecule has 1 saturated carbocycles. The largest absolute Gasteiger partial charge is 0.494 e. The molecule has 434 valence electrons. The lowest BCUT2D eigenvalue weighted by molar-refractivity contribution is -0.137. The number of nitrogens with two attached hydrogens (primary N) is 6.